The number of carbonyl (C=O) groups is 1. The highest BCUT2D eigenvalue weighted by Crippen LogP contribution is 2.18. The Morgan fingerprint density at radius 1 is 1.62 bits per heavy atom. The lowest BCUT2D eigenvalue weighted by atomic mass is 10.1. The Morgan fingerprint density at radius 2 is 2.31 bits per heavy atom. The van der Waals surface area contributed by atoms with Crippen molar-refractivity contribution >= 4 is 21.8 Å². The lowest BCUT2D eigenvalue weighted by molar-refractivity contribution is 0.0910. The van der Waals surface area contributed by atoms with Crippen molar-refractivity contribution in [1.82, 2.24) is 5.32 Å². The van der Waals surface area contributed by atoms with Crippen LogP contribution in [0.4, 0.5) is 4.39 Å². The van der Waals surface area contributed by atoms with Crippen LogP contribution < -0.4 is 5.32 Å². The highest BCUT2D eigenvalue weighted by Gasteiger charge is 2.16. The summed E-state index contributed by atoms with van der Waals surface area (Å²) in [6.45, 7) is 1.68. The average Bonchev–Trinajstić information content (AvgIpc) is 2.29. The minimum absolute atomic E-state index is 0.0266. The molecule has 2 N–H and O–H groups in total. The fourth-order valence-electron chi connectivity index (χ4n) is 1.22. The molecule has 1 aromatic carbocycles. The molecule has 1 amide bonds. The monoisotopic (exact) mass is 289 g/mol. The van der Waals surface area contributed by atoms with Crippen LogP contribution >= 0.6 is 15.9 Å². The fraction of sp³-hybridized carbons (Fsp3) is 0.364. The van der Waals surface area contributed by atoms with E-state index in [1.54, 1.807) is 6.07 Å². The summed E-state index contributed by atoms with van der Waals surface area (Å²) in [5.74, 6) is -1.10. The van der Waals surface area contributed by atoms with Crippen molar-refractivity contribution in [2.45, 2.75) is 19.4 Å². The zero-order valence-corrected chi connectivity index (χ0v) is 10.4. The zero-order valence-electron chi connectivity index (χ0n) is 8.84. The summed E-state index contributed by atoms with van der Waals surface area (Å²) >= 11 is 3.01. The number of amides is 1. The van der Waals surface area contributed by atoms with Gasteiger partial charge in [-0.15, -0.1) is 0 Å². The summed E-state index contributed by atoms with van der Waals surface area (Å²) in [5.41, 5.74) is -0.0266. The Balaban J connectivity index is 2.84. The minimum Gasteiger partial charge on any atom is -0.394 e. The highest BCUT2D eigenvalue weighted by molar-refractivity contribution is 9.10. The van der Waals surface area contributed by atoms with Crippen LogP contribution in [-0.2, 0) is 0 Å². The van der Waals surface area contributed by atoms with Crippen LogP contribution in [0.25, 0.3) is 0 Å². The molecule has 0 radical (unpaired) electrons. The second-order valence-corrected chi connectivity index (χ2v) is 4.22. The molecular weight excluding hydrogens is 277 g/mol. The van der Waals surface area contributed by atoms with Gasteiger partial charge in [-0.2, -0.15) is 0 Å². The van der Waals surface area contributed by atoms with Crippen LogP contribution in [-0.4, -0.2) is 23.7 Å². The first-order chi connectivity index (χ1) is 7.60. The van der Waals surface area contributed by atoms with Crippen LogP contribution in [0.2, 0.25) is 0 Å². The van der Waals surface area contributed by atoms with E-state index >= 15 is 0 Å². The molecule has 0 aliphatic heterocycles. The van der Waals surface area contributed by atoms with Gasteiger partial charge in [0.25, 0.3) is 5.91 Å². The van der Waals surface area contributed by atoms with E-state index in [9.17, 15) is 9.18 Å². The number of hydrogen-bond donors (Lipinski definition) is 2. The maximum atomic E-state index is 13.5. The lowest BCUT2D eigenvalue weighted by Crippen LogP contribution is -2.37. The largest absolute Gasteiger partial charge is 0.394 e. The Labute approximate surface area is 102 Å². The molecule has 1 rings (SSSR count). The van der Waals surface area contributed by atoms with E-state index in [0.717, 1.165) is 0 Å². The van der Waals surface area contributed by atoms with Crippen LogP contribution in [0.3, 0.4) is 0 Å². The van der Waals surface area contributed by atoms with Crippen molar-refractivity contribution < 1.29 is 14.3 Å². The maximum Gasteiger partial charge on any atom is 0.254 e. The molecule has 0 fully saturated rings. The number of rotatable bonds is 4. The van der Waals surface area contributed by atoms with Gasteiger partial charge >= 0.3 is 0 Å². The number of carbonyl (C=O) groups excluding carboxylic acids is 1. The minimum atomic E-state index is -0.590. The summed E-state index contributed by atoms with van der Waals surface area (Å²) in [4.78, 5) is 11.7. The van der Waals surface area contributed by atoms with Crippen molar-refractivity contribution in [3.8, 4) is 0 Å². The highest BCUT2D eigenvalue weighted by atomic mass is 79.9. The predicted molar refractivity (Wildman–Crippen MR) is 62.7 cm³/mol. The molecule has 16 heavy (non-hydrogen) atoms. The van der Waals surface area contributed by atoms with Crippen molar-refractivity contribution in [2.24, 2.45) is 0 Å². The molecule has 0 aliphatic carbocycles. The lowest BCUT2D eigenvalue weighted by Gasteiger charge is -2.14. The molecule has 0 spiro atoms. The van der Waals surface area contributed by atoms with Gasteiger partial charge in [0.2, 0.25) is 0 Å². The predicted octanol–water partition coefficient (Wildman–Crippen LogP) is 2.09. The van der Waals surface area contributed by atoms with Crippen molar-refractivity contribution in [3.05, 3.63) is 34.1 Å². The first-order valence-corrected chi connectivity index (χ1v) is 5.75. The molecule has 1 unspecified atom stereocenters. The molecule has 0 aromatic heterocycles. The summed E-state index contributed by atoms with van der Waals surface area (Å²) in [6.07, 6.45) is 0.595. The molecule has 88 valence electrons. The molecule has 0 saturated heterocycles. The van der Waals surface area contributed by atoms with Gasteiger partial charge in [-0.25, -0.2) is 4.39 Å². The standard InChI is InChI=1S/C11H13BrFNO2/c1-2-7(6-15)14-11(16)8-4-3-5-9(12)10(8)13/h3-5,7,15H,2,6H2,1H3,(H,14,16). The number of nitrogens with one attached hydrogen (secondary N) is 1. The number of aliphatic hydroxyl groups excluding tert-OH is 1. The molecule has 5 heteroatoms. The number of benzene rings is 1. The molecule has 1 atom stereocenters. The molecular formula is C11H13BrFNO2. The second-order valence-electron chi connectivity index (χ2n) is 3.36. The molecule has 0 aliphatic rings. The summed E-state index contributed by atoms with van der Waals surface area (Å²) in [5, 5.41) is 11.5. The summed E-state index contributed by atoms with van der Waals surface area (Å²) in [7, 11) is 0. The Morgan fingerprint density at radius 3 is 2.88 bits per heavy atom. The van der Waals surface area contributed by atoms with Gasteiger partial charge in [-0.1, -0.05) is 13.0 Å². The molecule has 3 nitrogen and oxygen atoms in total. The van der Waals surface area contributed by atoms with E-state index in [1.165, 1.54) is 12.1 Å². The quantitative estimate of drug-likeness (QED) is 0.892. The third kappa shape index (κ3) is 3.02. The van der Waals surface area contributed by atoms with Gasteiger partial charge in [-0.3, -0.25) is 4.79 Å². The number of aliphatic hydroxyl groups is 1. The van der Waals surface area contributed by atoms with E-state index in [4.69, 9.17) is 5.11 Å². The third-order valence-corrected chi connectivity index (χ3v) is 2.86. The maximum absolute atomic E-state index is 13.5. The van der Waals surface area contributed by atoms with Crippen LogP contribution in [0.1, 0.15) is 23.7 Å². The first kappa shape index (κ1) is 13.1. The molecule has 0 heterocycles. The van der Waals surface area contributed by atoms with Gasteiger partial charge in [0.05, 0.1) is 22.7 Å². The SMILES string of the molecule is CCC(CO)NC(=O)c1cccc(Br)c1F. The zero-order chi connectivity index (χ0) is 12.1. The normalized spacial score (nSPS) is 12.2. The van der Waals surface area contributed by atoms with E-state index in [-0.39, 0.29) is 22.7 Å². The Hall–Kier alpha value is -0.940. The topological polar surface area (TPSA) is 49.3 Å². The van der Waals surface area contributed by atoms with E-state index in [1.807, 2.05) is 6.92 Å². The van der Waals surface area contributed by atoms with E-state index in [2.05, 4.69) is 21.2 Å². The van der Waals surface area contributed by atoms with Gasteiger partial charge in [0, 0.05) is 0 Å². The van der Waals surface area contributed by atoms with E-state index < -0.39 is 11.7 Å². The van der Waals surface area contributed by atoms with Gasteiger partial charge in [-0.05, 0) is 34.5 Å². The smallest absolute Gasteiger partial charge is 0.254 e. The van der Waals surface area contributed by atoms with Gasteiger partial charge in [0.15, 0.2) is 0 Å². The van der Waals surface area contributed by atoms with Crippen molar-refractivity contribution in [2.75, 3.05) is 6.61 Å². The second kappa shape index (κ2) is 5.96. The average molecular weight is 290 g/mol. The van der Waals surface area contributed by atoms with E-state index in [0.29, 0.717) is 6.42 Å². The van der Waals surface area contributed by atoms with Crippen LogP contribution in [0.5, 0.6) is 0 Å². The molecule has 0 saturated carbocycles. The Kier molecular flexibility index (Phi) is 4.89. The van der Waals surface area contributed by atoms with Crippen molar-refractivity contribution in [3.63, 3.8) is 0 Å². The third-order valence-electron chi connectivity index (χ3n) is 2.24. The van der Waals surface area contributed by atoms with Gasteiger partial charge < -0.3 is 10.4 Å². The number of hydrogen-bond acceptors (Lipinski definition) is 2. The Bertz CT molecular complexity index is 380. The van der Waals surface area contributed by atoms with Crippen LogP contribution in [0, 0.1) is 5.82 Å². The number of halogens is 2. The van der Waals surface area contributed by atoms with Gasteiger partial charge in [0.1, 0.15) is 5.82 Å². The molecule has 0 bridgehead atoms. The first-order valence-electron chi connectivity index (χ1n) is 4.95. The summed E-state index contributed by atoms with van der Waals surface area (Å²) in [6, 6.07) is 4.17. The fourth-order valence-corrected chi connectivity index (χ4v) is 1.59. The van der Waals surface area contributed by atoms with Crippen LogP contribution in [0.15, 0.2) is 22.7 Å². The summed E-state index contributed by atoms with van der Waals surface area (Å²) < 4.78 is 13.8. The van der Waals surface area contributed by atoms with Crippen molar-refractivity contribution in [1.29, 1.82) is 0 Å². The molecule has 1 aromatic rings.